The minimum absolute atomic E-state index is 0.0339. The smallest absolute Gasteiger partial charge is 0.258 e. The van der Waals surface area contributed by atoms with Gasteiger partial charge in [-0.05, 0) is 43.2 Å². The second kappa shape index (κ2) is 8.39. The Bertz CT molecular complexity index is 1170. The number of carbonyl (C=O) groups excluding carboxylic acids is 1. The summed E-state index contributed by atoms with van der Waals surface area (Å²) in [7, 11) is 0. The molecule has 5 rings (SSSR count). The molecular formula is C23H23N3O5. The van der Waals surface area contributed by atoms with Gasteiger partial charge in [0.1, 0.15) is 19.0 Å². The van der Waals surface area contributed by atoms with Crippen molar-refractivity contribution in [3.63, 3.8) is 0 Å². The number of nitrogens with one attached hydrogen (secondary N) is 1. The number of rotatable bonds is 5. The summed E-state index contributed by atoms with van der Waals surface area (Å²) < 4.78 is 16.9. The Labute approximate surface area is 178 Å². The Balaban J connectivity index is 1.45. The Hall–Kier alpha value is -3.39. The molecule has 0 unspecified atom stereocenters. The second-order valence-corrected chi connectivity index (χ2v) is 7.71. The lowest BCUT2D eigenvalue weighted by Crippen LogP contribution is -2.38. The van der Waals surface area contributed by atoms with Crippen LogP contribution in [0.15, 0.2) is 47.3 Å². The van der Waals surface area contributed by atoms with Crippen molar-refractivity contribution < 1.29 is 19.0 Å². The van der Waals surface area contributed by atoms with E-state index in [1.807, 2.05) is 6.07 Å². The summed E-state index contributed by atoms with van der Waals surface area (Å²) in [5, 5.41) is 0.523. The molecule has 2 aromatic carbocycles. The predicted octanol–water partition coefficient (Wildman–Crippen LogP) is 2.52. The number of carbonyl (C=O) groups is 1. The van der Waals surface area contributed by atoms with E-state index < -0.39 is 0 Å². The van der Waals surface area contributed by atoms with E-state index in [4.69, 9.17) is 14.2 Å². The van der Waals surface area contributed by atoms with Gasteiger partial charge in [-0.3, -0.25) is 9.59 Å². The molecule has 0 radical (unpaired) electrons. The van der Waals surface area contributed by atoms with Crippen molar-refractivity contribution in [1.29, 1.82) is 0 Å². The van der Waals surface area contributed by atoms with Crippen LogP contribution in [0, 0.1) is 0 Å². The van der Waals surface area contributed by atoms with Crippen molar-refractivity contribution in [2.45, 2.75) is 25.5 Å². The standard InChI is InChI=1S/C23H23N3O5/c27-22-17-5-1-2-6-18(17)24-21(25-22)14-26(13-16-4-3-9-29-16)23(28)15-7-8-19-20(12-15)31-11-10-30-19/h1-2,5-8,12,16H,3-4,9-11,13-14H2,(H,24,25,27)/t16-/m0/s1. The van der Waals surface area contributed by atoms with Crippen molar-refractivity contribution in [3.8, 4) is 11.5 Å². The van der Waals surface area contributed by atoms with Gasteiger partial charge in [0.2, 0.25) is 0 Å². The number of para-hydroxylation sites is 1. The first-order valence-electron chi connectivity index (χ1n) is 10.5. The summed E-state index contributed by atoms with van der Waals surface area (Å²) in [4.78, 5) is 34.9. The number of ether oxygens (including phenoxy) is 3. The van der Waals surface area contributed by atoms with Gasteiger partial charge in [-0.1, -0.05) is 12.1 Å². The third-order valence-electron chi connectivity index (χ3n) is 5.53. The van der Waals surface area contributed by atoms with Crippen LogP contribution in [0.3, 0.4) is 0 Å². The van der Waals surface area contributed by atoms with Crippen LogP contribution in [0.5, 0.6) is 11.5 Å². The van der Waals surface area contributed by atoms with Crippen LogP contribution in [-0.2, 0) is 11.3 Å². The quantitative estimate of drug-likeness (QED) is 0.680. The van der Waals surface area contributed by atoms with Gasteiger partial charge in [0.25, 0.3) is 11.5 Å². The maximum Gasteiger partial charge on any atom is 0.258 e. The largest absolute Gasteiger partial charge is 0.486 e. The van der Waals surface area contributed by atoms with E-state index in [1.165, 1.54) is 0 Å². The summed E-state index contributed by atoms with van der Waals surface area (Å²) in [5.74, 6) is 1.45. The second-order valence-electron chi connectivity index (χ2n) is 7.71. The van der Waals surface area contributed by atoms with E-state index in [9.17, 15) is 9.59 Å². The Kier molecular flexibility index (Phi) is 5.30. The highest BCUT2D eigenvalue weighted by atomic mass is 16.6. The Morgan fingerprint density at radius 2 is 1.94 bits per heavy atom. The lowest BCUT2D eigenvalue weighted by atomic mass is 10.1. The molecule has 0 spiro atoms. The average molecular weight is 421 g/mol. The van der Waals surface area contributed by atoms with Gasteiger partial charge in [-0.2, -0.15) is 0 Å². The third-order valence-corrected chi connectivity index (χ3v) is 5.53. The number of benzene rings is 2. The molecule has 8 heteroatoms. The third kappa shape index (κ3) is 4.11. The van der Waals surface area contributed by atoms with E-state index in [1.54, 1.807) is 41.3 Å². The molecule has 3 heterocycles. The predicted molar refractivity (Wildman–Crippen MR) is 114 cm³/mol. The van der Waals surface area contributed by atoms with Crippen molar-refractivity contribution in [2.24, 2.45) is 0 Å². The van der Waals surface area contributed by atoms with Gasteiger partial charge in [0.05, 0.1) is 23.6 Å². The lowest BCUT2D eigenvalue weighted by molar-refractivity contribution is 0.0500. The SMILES string of the molecule is O=C(c1ccc2c(c1)OCCO2)N(Cc1nc2ccccc2c(=O)[nH]1)C[C@@H]1CCCO1. The van der Waals surface area contributed by atoms with Crippen molar-refractivity contribution in [2.75, 3.05) is 26.4 Å². The fourth-order valence-electron chi connectivity index (χ4n) is 4.00. The molecular weight excluding hydrogens is 398 g/mol. The fraction of sp³-hybridized carbons (Fsp3) is 0.348. The number of hydrogen-bond donors (Lipinski definition) is 1. The van der Waals surface area contributed by atoms with Crippen molar-refractivity contribution >= 4 is 16.8 Å². The van der Waals surface area contributed by atoms with Crippen LogP contribution in [0.4, 0.5) is 0 Å². The van der Waals surface area contributed by atoms with Gasteiger partial charge in [-0.15, -0.1) is 0 Å². The molecule has 160 valence electrons. The monoisotopic (exact) mass is 421 g/mol. The van der Waals surface area contributed by atoms with Crippen molar-refractivity contribution in [3.05, 3.63) is 64.2 Å². The van der Waals surface area contributed by atoms with Crippen LogP contribution in [0.25, 0.3) is 10.9 Å². The number of H-pyrrole nitrogens is 1. The van der Waals surface area contributed by atoms with E-state index in [0.29, 0.717) is 60.2 Å². The van der Waals surface area contributed by atoms with Crippen LogP contribution in [0.2, 0.25) is 0 Å². The van der Waals surface area contributed by atoms with Crippen LogP contribution in [0.1, 0.15) is 29.0 Å². The molecule has 1 aromatic heterocycles. The maximum atomic E-state index is 13.4. The summed E-state index contributed by atoms with van der Waals surface area (Å²) in [6, 6.07) is 12.3. The normalized spacial score (nSPS) is 17.6. The molecule has 3 aromatic rings. The van der Waals surface area contributed by atoms with Crippen LogP contribution < -0.4 is 15.0 Å². The number of aromatic nitrogens is 2. The van der Waals surface area contributed by atoms with Gasteiger partial charge < -0.3 is 24.1 Å². The van der Waals surface area contributed by atoms with Gasteiger partial charge in [-0.25, -0.2) is 4.98 Å². The average Bonchev–Trinajstić information content (AvgIpc) is 3.31. The Morgan fingerprint density at radius 3 is 2.77 bits per heavy atom. The number of aromatic amines is 1. The molecule has 1 fully saturated rings. The first-order chi connectivity index (χ1) is 15.2. The first kappa shape index (κ1) is 19.6. The molecule has 0 saturated carbocycles. The first-order valence-corrected chi connectivity index (χ1v) is 10.5. The highest BCUT2D eigenvalue weighted by molar-refractivity contribution is 5.95. The molecule has 0 aliphatic carbocycles. The number of hydrogen-bond acceptors (Lipinski definition) is 6. The van der Waals surface area contributed by atoms with E-state index in [-0.39, 0.29) is 24.1 Å². The number of fused-ring (bicyclic) bond motifs is 2. The summed E-state index contributed by atoms with van der Waals surface area (Å²) in [5.41, 5.74) is 0.875. The van der Waals surface area contributed by atoms with Crippen molar-refractivity contribution in [1.82, 2.24) is 14.9 Å². The molecule has 0 bridgehead atoms. The molecule has 2 aliphatic rings. The minimum atomic E-state index is -0.218. The highest BCUT2D eigenvalue weighted by Gasteiger charge is 2.25. The molecule has 1 atom stereocenters. The van der Waals surface area contributed by atoms with E-state index in [0.717, 1.165) is 12.8 Å². The van der Waals surface area contributed by atoms with Gasteiger partial charge in [0.15, 0.2) is 11.5 Å². The van der Waals surface area contributed by atoms with Gasteiger partial charge >= 0.3 is 0 Å². The van der Waals surface area contributed by atoms with E-state index >= 15 is 0 Å². The van der Waals surface area contributed by atoms with Crippen LogP contribution in [-0.4, -0.2) is 53.2 Å². The van der Waals surface area contributed by atoms with Gasteiger partial charge in [0, 0.05) is 18.7 Å². The number of amides is 1. The minimum Gasteiger partial charge on any atom is -0.486 e. The topological polar surface area (TPSA) is 93.8 Å². The zero-order valence-corrected chi connectivity index (χ0v) is 17.0. The maximum absolute atomic E-state index is 13.4. The Morgan fingerprint density at radius 1 is 1.10 bits per heavy atom. The highest BCUT2D eigenvalue weighted by Crippen LogP contribution is 2.31. The summed E-state index contributed by atoms with van der Waals surface area (Å²) >= 11 is 0. The molecule has 1 amide bonds. The lowest BCUT2D eigenvalue weighted by Gasteiger charge is -2.26. The molecule has 1 N–H and O–H groups in total. The molecule has 8 nitrogen and oxygen atoms in total. The molecule has 1 saturated heterocycles. The molecule has 2 aliphatic heterocycles. The molecule has 31 heavy (non-hydrogen) atoms. The summed E-state index contributed by atoms with van der Waals surface area (Å²) in [6.07, 6.45) is 1.84. The van der Waals surface area contributed by atoms with Crippen LogP contribution >= 0.6 is 0 Å². The number of nitrogens with zero attached hydrogens (tertiary/aromatic N) is 2. The summed E-state index contributed by atoms with van der Waals surface area (Å²) in [6.45, 7) is 2.23. The van der Waals surface area contributed by atoms with E-state index in [2.05, 4.69) is 9.97 Å². The fourth-order valence-corrected chi connectivity index (χ4v) is 4.00. The zero-order valence-electron chi connectivity index (χ0n) is 17.0. The zero-order chi connectivity index (χ0) is 21.2.